The number of nitrogens with two attached hydrogens (primary N) is 1. The number of esters is 1. The summed E-state index contributed by atoms with van der Waals surface area (Å²) in [7, 11) is 1.28. The van der Waals surface area contributed by atoms with Crippen LogP contribution in [0.5, 0.6) is 0 Å². The highest BCUT2D eigenvalue weighted by molar-refractivity contribution is 5.75. The highest BCUT2D eigenvalue weighted by Gasteiger charge is 2.15. The maximum Gasteiger partial charge on any atom is 0.322 e. The summed E-state index contributed by atoms with van der Waals surface area (Å²) < 4.78 is 17.7. The molecule has 82 valence electrons. The second-order valence-electron chi connectivity index (χ2n) is 3.36. The molecule has 3 nitrogen and oxygen atoms in total. The van der Waals surface area contributed by atoms with E-state index >= 15 is 0 Å². The molecule has 1 atom stereocenters. The molecule has 15 heavy (non-hydrogen) atoms. The van der Waals surface area contributed by atoms with Crippen molar-refractivity contribution < 1.29 is 13.9 Å². The molecule has 0 fully saturated rings. The zero-order chi connectivity index (χ0) is 11.4. The van der Waals surface area contributed by atoms with E-state index in [1.165, 1.54) is 13.2 Å². The van der Waals surface area contributed by atoms with Gasteiger partial charge < -0.3 is 10.5 Å². The summed E-state index contributed by atoms with van der Waals surface area (Å²) in [5, 5.41) is 0. The summed E-state index contributed by atoms with van der Waals surface area (Å²) in [4.78, 5) is 11.1. The predicted molar refractivity (Wildman–Crippen MR) is 54.8 cm³/mol. The molecule has 1 aromatic carbocycles. The first-order chi connectivity index (χ1) is 7.06. The lowest BCUT2D eigenvalue weighted by atomic mass is 10.0. The molecule has 0 saturated carbocycles. The molecule has 0 spiro atoms. The van der Waals surface area contributed by atoms with Crippen LogP contribution in [0.2, 0.25) is 0 Å². The lowest BCUT2D eigenvalue weighted by molar-refractivity contribution is -0.142. The Kier molecular flexibility index (Phi) is 3.80. The van der Waals surface area contributed by atoms with Gasteiger partial charge in [-0.1, -0.05) is 12.1 Å². The average molecular weight is 211 g/mol. The van der Waals surface area contributed by atoms with Crippen LogP contribution in [0, 0.1) is 12.7 Å². The van der Waals surface area contributed by atoms with E-state index in [1.54, 1.807) is 19.1 Å². The van der Waals surface area contributed by atoms with E-state index in [0.29, 0.717) is 5.56 Å². The van der Waals surface area contributed by atoms with Crippen LogP contribution in [-0.4, -0.2) is 19.1 Å². The molecule has 0 saturated heterocycles. The van der Waals surface area contributed by atoms with Gasteiger partial charge in [0.05, 0.1) is 7.11 Å². The minimum absolute atomic E-state index is 0.287. The summed E-state index contributed by atoms with van der Waals surface area (Å²) in [5.74, 6) is -0.775. The molecule has 0 aliphatic heterocycles. The normalized spacial score (nSPS) is 12.3. The molecule has 0 amide bonds. The van der Waals surface area contributed by atoms with Crippen molar-refractivity contribution in [1.29, 1.82) is 0 Å². The minimum Gasteiger partial charge on any atom is -0.468 e. The first-order valence-electron chi connectivity index (χ1n) is 4.63. The number of carbonyl (C=O) groups is 1. The Balaban J connectivity index is 2.81. The van der Waals surface area contributed by atoms with Crippen molar-refractivity contribution in [2.24, 2.45) is 5.73 Å². The molecule has 1 rings (SSSR count). The molecule has 1 aromatic rings. The van der Waals surface area contributed by atoms with Crippen molar-refractivity contribution in [1.82, 2.24) is 0 Å². The minimum atomic E-state index is -0.740. The van der Waals surface area contributed by atoms with Crippen molar-refractivity contribution in [3.8, 4) is 0 Å². The Labute approximate surface area is 88.0 Å². The fourth-order valence-electron chi connectivity index (χ4n) is 1.34. The predicted octanol–water partition coefficient (Wildman–Crippen LogP) is 1.18. The lowest BCUT2D eigenvalue weighted by Gasteiger charge is -2.11. The Bertz CT molecular complexity index is 366. The number of methoxy groups -OCH3 is 1. The second-order valence-corrected chi connectivity index (χ2v) is 3.36. The SMILES string of the molecule is COC(=O)[C@@H](N)Cc1cccc(F)c1C. The molecule has 0 heterocycles. The molecule has 0 unspecified atom stereocenters. The van der Waals surface area contributed by atoms with E-state index in [9.17, 15) is 9.18 Å². The van der Waals surface area contributed by atoms with Gasteiger partial charge in [0, 0.05) is 0 Å². The molecular formula is C11H14FNO2. The van der Waals surface area contributed by atoms with Gasteiger partial charge in [-0.15, -0.1) is 0 Å². The maximum absolute atomic E-state index is 13.2. The summed E-state index contributed by atoms with van der Waals surface area (Å²) in [6, 6.07) is 3.99. The van der Waals surface area contributed by atoms with Crippen molar-refractivity contribution in [2.45, 2.75) is 19.4 Å². The second kappa shape index (κ2) is 4.89. The Morgan fingerprint density at radius 1 is 1.60 bits per heavy atom. The quantitative estimate of drug-likeness (QED) is 0.764. The number of halogens is 1. The molecule has 0 aromatic heterocycles. The van der Waals surface area contributed by atoms with E-state index in [4.69, 9.17) is 5.73 Å². The highest BCUT2D eigenvalue weighted by Crippen LogP contribution is 2.13. The maximum atomic E-state index is 13.2. The van der Waals surface area contributed by atoms with Crippen molar-refractivity contribution in [2.75, 3.05) is 7.11 Å². The third-order valence-corrected chi connectivity index (χ3v) is 2.32. The van der Waals surface area contributed by atoms with E-state index < -0.39 is 12.0 Å². The monoisotopic (exact) mass is 211 g/mol. The molecule has 0 radical (unpaired) electrons. The van der Waals surface area contributed by atoms with Gasteiger partial charge in [-0.2, -0.15) is 0 Å². The van der Waals surface area contributed by atoms with Crippen LogP contribution in [0.15, 0.2) is 18.2 Å². The first-order valence-corrected chi connectivity index (χ1v) is 4.63. The molecule has 4 heteroatoms. The van der Waals surface area contributed by atoms with Gasteiger partial charge in [-0.05, 0) is 30.5 Å². The van der Waals surface area contributed by atoms with Gasteiger partial charge in [0.25, 0.3) is 0 Å². The highest BCUT2D eigenvalue weighted by atomic mass is 19.1. The number of rotatable bonds is 3. The van der Waals surface area contributed by atoms with Crippen LogP contribution in [0.25, 0.3) is 0 Å². The number of carbonyl (C=O) groups excluding carboxylic acids is 1. The zero-order valence-corrected chi connectivity index (χ0v) is 8.79. The Morgan fingerprint density at radius 2 is 2.27 bits per heavy atom. The smallest absolute Gasteiger partial charge is 0.322 e. The third kappa shape index (κ3) is 2.76. The Hall–Kier alpha value is -1.42. The molecule has 2 N–H and O–H groups in total. The number of benzene rings is 1. The van der Waals surface area contributed by atoms with Crippen LogP contribution in [0.4, 0.5) is 4.39 Å². The van der Waals surface area contributed by atoms with Gasteiger partial charge in [0.2, 0.25) is 0 Å². The average Bonchev–Trinajstić information content (AvgIpc) is 2.23. The van der Waals surface area contributed by atoms with Crippen LogP contribution in [-0.2, 0) is 16.0 Å². The molecular weight excluding hydrogens is 197 g/mol. The fraction of sp³-hybridized carbons (Fsp3) is 0.364. The van der Waals surface area contributed by atoms with Gasteiger partial charge in [0.1, 0.15) is 11.9 Å². The molecule has 0 aliphatic rings. The van der Waals surface area contributed by atoms with Crippen LogP contribution in [0.3, 0.4) is 0 Å². The fourth-order valence-corrected chi connectivity index (χ4v) is 1.34. The summed E-state index contributed by atoms with van der Waals surface area (Å²) >= 11 is 0. The van der Waals surface area contributed by atoms with E-state index in [-0.39, 0.29) is 12.2 Å². The van der Waals surface area contributed by atoms with E-state index in [1.807, 2.05) is 0 Å². The molecule has 0 bridgehead atoms. The van der Waals surface area contributed by atoms with Gasteiger partial charge in [-0.25, -0.2) is 4.39 Å². The van der Waals surface area contributed by atoms with Crippen molar-refractivity contribution >= 4 is 5.97 Å². The molecule has 0 aliphatic carbocycles. The number of ether oxygens (including phenoxy) is 1. The summed E-state index contributed by atoms with van der Waals surface area (Å²) in [5.41, 5.74) is 6.84. The van der Waals surface area contributed by atoms with Crippen LogP contribution >= 0.6 is 0 Å². The topological polar surface area (TPSA) is 52.3 Å². The van der Waals surface area contributed by atoms with Gasteiger partial charge >= 0.3 is 5.97 Å². The summed E-state index contributed by atoms with van der Waals surface area (Å²) in [6.45, 7) is 1.66. The van der Waals surface area contributed by atoms with Crippen LogP contribution in [0.1, 0.15) is 11.1 Å². The number of hydrogen-bond acceptors (Lipinski definition) is 3. The van der Waals surface area contributed by atoms with Crippen LogP contribution < -0.4 is 5.73 Å². The van der Waals surface area contributed by atoms with Gasteiger partial charge in [0.15, 0.2) is 0 Å². The lowest BCUT2D eigenvalue weighted by Crippen LogP contribution is -2.33. The standard InChI is InChI=1S/C11H14FNO2/c1-7-8(4-3-5-9(7)12)6-10(13)11(14)15-2/h3-5,10H,6,13H2,1-2H3/t10-/m0/s1. The Morgan fingerprint density at radius 3 is 2.87 bits per heavy atom. The van der Waals surface area contributed by atoms with Gasteiger partial charge in [-0.3, -0.25) is 4.79 Å². The third-order valence-electron chi connectivity index (χ3n) is 2.32. The number of hydrogen-bond donors (Lipinski definition) is 1. The van der Waals surface area contributed by atoms with Crippen molar-refractivity contribution in [3.63, 3.8) is 0 Å². The zero-order valence-electron chi connectivity index (χ0n) is 8.79. The van der Waals surface area contributed by atoms with E-state index in [2.05, 4.69) is 4.74 Å². The van der Waals surface area contributed by atoms with E-state index in [0.717, 1.165) is 5.56 Å². The van der Waals surface area contributed by atoms with Crippen molar-refractivity contribution in [3.05, 3.63) is 35.1 Å². The largest absolute Gasteiger partial charge is 0.468 e. The summed E-state index contributed by atoms with van der Waals surface area (Å²) in [6.07, 6.45) is 0.288. The first kappa shape index (κ1) is 11.7.